The molecule has 0 saturated carbocycles. The molecule has 0 aliphatic rings. The van der Waals surface area contributed by atoms with Crippen molar-refractivity contribution < 1.29 is 0 Å². The first-order valence-electron chi connectivity index (χ1n) is 8.11. The third-order valence-corrected chi connectivity index (χ3v) is 3.97. The molecule has 0 fully saturated rings. The summed E-state index contributed by atoms with van der Waals surface area (Å²) >= 11 is 0. The van der Waals surface area contributed by atoms with Gasteiger partial charge in [-0.1, -0.05) is 12.6 Å². The van der Waals surface area contributed by atoms with Gasteiger partial charge in [0.25, 0.3) is 0 Å². The lowest BCUT2D eigenvalue weighted by atomic mass is 10.1. The summed E-state index contributed by atoms with van der Waals surface area (Å²) in [6.45, 7) is 3.76. The lowest BCUT2D eigenvalue weighted by molar-refractivity contribution is 0.908. The van der Waals surface area contributed by atoms with Crippen molar-refractivity contribution in [2.24, 2.45) is 0 Å². The minimum absolute atomic E-state index is 0.491. The van der Waals surface area contributed by atoms with E-state index >= 15 is 0 Å². The summed E-state index contributed by atoms with van der Waals surface area (Å²) in [6, 6.07) is 8.04. The normalized spacial score (nSPS) is 11.7. The van der Waals surface area contributed by atoms with Crippen molar-refractivity contribution in [1.82, 2.24) is 29.9 Å². The molecule has 0 amide bonds. The van der Waals surface area contributed by atoms with Crippen LogP contribution in [0.1, 0.15) is 0 Å². The van der Waals surface area contributed by atoms with Crippen molar-refractivity contribution in [3.63, 3.8) is 0 Å². The summed E-state index contributed by atoms with van der Waals surface area (Å²) in [5.74, 6) is 0.491. The Morgan fingerprint density at radius 1 is 1.12 bits per heavy atom. The Hall–Kier alpha value is -3.74. The molecule has 0 bridgehead atoms. The molecule has 0 unspecified atom stereocenters. The van der Waals surface area contributed by atoms with E-state index in [0.29, 0.717) is 5.95 Å². The van der Waals surface area contributed by atoms with Crippen LogP contribution in [-0.4, -0.2) is 31.6 Å². The molecule has 0 spiro atoms. The molecule has 3 heterocycles. The van der Waals surface area contributed by atoms with Gasteiger partial charge in [0.05, 0.1) is 28.4 Å². The molecule has 26 heavy (non-hydrogen) atoms. The Balaban J connectivity index is 1.72. The Kier molecular flexibility index (Phi) is 4.03. The number of anilines is 1. The molecule has 0 radical (unpaired) electrons. The third kappa shape index (κ3) is 2.86. The summed E-state index contributed by atoms with van der Waals surface area (Å²) in [6.07, 6.45) is 10.6. The largest absolute Gasteiger partial charge is 0.392 e. The average Bonchev–Trinajstić information content (AvgIpc) is 3.10. The second-order valence-electron chi connectivity index (χ2n) is 5.62. The van der Waals surface area contributed by atoms with Crippen LogP contribution < -0.4 is 10.6 Å². The third-order valence-electron chi connectivity index (χ3n) is 3.97. The van der Waals surface area contributed by atoms with Gasteiger partial charge < -0.3 is 10.6 Å². The van der Waals surface area contributed by atoms with E-state index in [1.807, 2.05) is 37.5 Å². The second kappa shape index (κ2) is 6.64. The number of hydrogen-bond donors (Lipinski definition) is 2. The lowest BCUT2D eigenvalue weighted by Gasteiger charge is -2.06. The summed E-state index contributed by atoms with van der Waals surface area (Å²) in [5, 5.41) is 10.6. The Morgan fingerprint density at radius 2 is 1.96 bits per heavy atom. The van der Waals surface area contributed by atoms with Gasteiger partial charge in [-0.3, -0.25) is 9.97 Å². The van der Waals surface area contributed by atoms with E-state index < -0.39 is 0 Å². The molecule has 0 aliphatic heterocycles. The zero-order chi connectivity index (χ0) is 17.9. The summed E-state index contributed by atoms with van der Waals surface area (Å²) in [5.41, 5.74) is 5.52. The minimum atomic E-state index is 0.491. The maximum absolute atomic E-state index is 4.50. The zero-order valence-corrected chi connectivity index (χ0v) is 14.2. The number of allylic oxidation sites excluding steroid dienone is 1. The maximum atomic E-state index is 4.50. The smallest absolute Gasteiger partial charge is 0.245 e. The van der Waals surface area contributed by atoms with Crippen molar-refractivity contribution >= 4 is 22.5 Å². The predicted octanol–water partition coefficient (Wildman–Crippen LogP) is 3.00. The molecule has 4 aromatic rings. The number of rotatable bonds is 5. The van der Waals surface area contributed by atoms with E-state index in [9.17, 15) is 0 Å². The second-order valence-corrected chi connectivity index (χ2v) is 5.62. The highest BCUT2D eigenvalue weighted by atomic mass is 15.3. The van der Waals surface area contributed by atoms with Crippen molar-refractivity contribution in [3.8, 4) is 11.1 Å². The van der Waals surface area contributed by atoms with Crippen LogP contribution >= 0.6 is 0 Å². The molecular formula is C19H17N7. The van der Waals surface area contributed by atoms with E-state index in [1.165, 1.54) is 0 Å². The molecular weight excluding hydrogens is 326 g/mol. The molecule has 7 nitrogen and oxygen atoms in total. The first-order valence-corrected chi connectivity index (χ1v) is 8.11. The number of aromatic nitrogens is 5. The SMILES string of the molecule is C=C/C(=C\NC)Nc1ncc2c(-c3ccc4nccnc4c3)ccn2n1. The topological polar surface area (TPSA) is 80.0 Å². The first-order chi connectivity index (χ1) is 12.8. The van der Waals surface area contributed by atoms with Gasteiger partial charge in [-0.2, -0.15) is 0 Å². The Bertz CT molecular complexity index is 1130. The van der Waals surface area contributed by atoms with Crippen LogP contribution in [0.3, 0.4) is 0 Å². The van der Waals surface area contributed by atoms with Gasteiger partial charge in [0, 0.05) is 37.4 Å². The highest BCUT2D eigenvalue weighted by molar-refractivity contribution is 5.86. The van der Waals surface area contributed by atoms with E-state index in [2.05, 4.69) is 37.3 Å². The van der Waals surface area contributed by atoms with E-state index in [4.69, 9.17) is 0 Å². The zero-order valence-electron chi connectivity index (χ0n) is 14.2. The summed E-state index contributed by atoms with van der Waals surface area (Å²) < 4.78 is 1.80. The highest BCUT2D eigenvalue weighted by Gasteiger charge is 2.09. The predicted molar refractivity (Wildman–Crippen MR) is 102 cm³/mol. The number of benzene rings is 1. The quantitative estimate of drug-likeness (QED) is 0.542. The molecule has 128 valence electrons. The van der Waals surface area contributed by atoms with Gasteiger partial charge in [-0.05, 0) is 29.8 Å². The van der Waals surface area contributed by atoms with Gasteiger partial charge in [-0.25, -0.2) is 9.50 Å². The van der Waals surface area contributed by atoms with Crippen LogP contribution in [0.5, 0.6) is 0 Å². The van der Waals surface area contributed by atoms with Crippen molar-refractivity contribution in [2.45, 2.75) is 0 Å². The van der Waals surface area contributed by atoms with Crippen molar-refractivity contribution in [2.75, 3.05) is 12.4 Å². The molecule has 7 heteroatoms. The first kappa shape index (κ1) is 15.8. The Labute approximate surface area is 150 Å². The molecule has 4 rings (SSSR count). The van der Waals surface area contributed by atoms with Gasteiger partial charge in [0.1, 0.15) is 0 Å². The van der Waals surface area contributed by atoms with Crippen LogP contribution in [0.15, 0.2) is 73.6 Å². The average molecular weight is 343 g/mol. The standard InChI is InChI=1S/C19H17N7/c1-3-14(11-20-2)24-19-23-12-18-15(6-9-26(18)25-19)13-4-5-16-17(10-13)22-8-7-21-16/h3-12,20H,1H2,2H3,(H,24,25)/b14-11+. The molecule has 0 aliphatic carbocycles. The van der Waals surface area contributed by atoms with Crippen molar-refractivity contribution in [1.29, 1.82) is 0 Å². The molecule has 2 N–H and O–H groups in total. The minimum Gasteiger partial charge on any atom is -0.392 e. The molecule has 1 aromatic carbocycles. The van der Waals surface area contributed by atoms with E-state index in [0.717, 1.165) is 33.4 Å². The molecule has 3 aromatic heterocycles. The number of fused-ring (bicyclic) bond motifs is 2. The molecule has 0 atom stereocenters. The van der Waals surface area contributed by atoms with Gasteiger partial charge in [0.15, 0.2) is 0 Å². The summed E-state index contributed by atoms with van der Waals surface area (Å²) in [4.78, 5) is 13.1. The fourth-order valence-electron chi connectivity index (χ4n) is 2.76. The van der Waals surface area contributed by atoms with Crippen molar-refractivity contribution in [3.05, 3.63) is 73.6 Å². The maximum Gasteiger partial charge on any atom is 0.245 e. The van der Waals surface area contributed by atoms with Crippen LogP contribution in [0.25, 0.3) is 27.7 Å². The van der Waals surface area contributed by atoms with E-state index in [1.54, 1.807) is 35.4 Å². The highest BCUT2D eigenvalue weighted by Crippen LogP contribution is 2.27. The van der Waals surface area contributed by atoms with Gasteiger partial charge >= 0.3 is 0 Å². The fourth-order valence-corrected chi connectivity index (χ4v) is 2.76. The molecule has 0 saturated heterocycles. The van der Waals surface area contributed by atoms with Gasteiger partial charge in [0.2, 0.25) is 5.95 Å². The monoisotopic (exact) mass is 343 g/mol. The van der Waals surface area contributed by atoms with Crippen LogP contribution in [0.4, 0.5) is 5.95 Å². The number of nitrogens with one attached hydrogen (secondary N) is 2. The van der Waals surface area contributed by atoms with Crippen LogP contribution in [-0.2, 0) is 0 Å². The van der Waals surface area contributed by atoms with Crippen LogP contribution in [0, 0.1) is 0 Å². The summed E-state index contributed by atoms with van der Waals surface area (Å²) in [7, 11) is 1.82. The number of hydrogen-bond acceptors (Lipinski definition) is 6. The fraction of sp³-hybridized carbons (Fsp3) is 0.0526. The number of nitrogens with zero attached hydrogens (tertiary/aromatic N) is 5. The van der Waals surface area contributed by atoms with Crippen LogP contribution in [0.2, 0.25) is 0 Å². The van der Waals surface area contributed by atoms with Gasteiger partial charge in [-0.15, -0.1) is 5.10 Å². The Morgan fingerprint density at radius 3 is 2.77 bits per heavy atom. The van der Waals surface area contributed by atoms with E-state index in [-0.39, 0.29) is 0 Å². The lowest BCUT2D eigenvalue weighted by Crippen LogP contribution is -2.07.